The Morgan fingerprint density at radius 2 is 1.86 bits per heavy atom. The maximum Gasteiger partial charge on any atom is 0.220 e. The predicted molar refractivity (Wildman–Crippen MR) is 83.7 cm³/mol. The average molecular weight is 287 g/mol. The lowest BCUT2D eigenvalue weighted by Gasteiger charge is -2.25. The summed E-state index contributed by atoms with van der Waals surface area (Å²) in [7, 11) is 0. The fourth-order valence-electron chi connectivity index (χ4n) is 3.12. The molecule has 0 aromatic heterocycles. The van der Waals surface area contributed by atoms with Gasteiger partial charge in [0.05, 0.1) is 0 Å². The Morgan fingerprint density at radius 3 is 2.52 bits per heavy atom. The highest BCUT2D eigenvalue weighted by Gasteiger charge is 2.25. The van der Waals surface area contributed by atoms with Gasteiger partial charge in [0.15, 0.2) is 0 Å². The molecule has 0 aliphatic heterocycles. The number of fused-ring (bicyclic) bond motifs is 1. The zero-order valence-electron chi connectivity index (χ0n) is 13.0. The van der Waals surface area contributed by atoms with E-state index >= 15 is 0 Å². The number of aryl methyl sites for hydroxylation is 1. The zero-order chi connectivity index (χ0) is 15.4. The van der Waals surface area contributed by atoms with Crippen molar-refractivity contribution in [2.45, 2.75) is 46.0 Å². The molecule has 3 unspecified atom stereocenters. The van der Waals surface area contributed by atoms with Crippen LogP contribution in [0.1, 0.15) is 44.2 Å². The van der Waals surface area contributed by atoms with Crippen LogP contribution in [0.25, 0.3) is 0 Å². The molecule has 0 saturated heterocycles. The molecule has 0 fully saturated rings. The lowest BCUT2D eigenvalue weighted by molar-refractivity contribution is -0.130. The minimum atomic E-state index is -0.387. The lowest BCUT2D eigenvalue weighted by Crippen LogP contribution is -2.30. The van der Waals surface area contributed by atoms with Crippen LogP contribution in [0.15, 0.2) is 24.3 Å². The Kier molecular flexibility index (Phi) is 5.16. The Labute approximate surface area is 126 Å². The van der Waals surface area contributed by atoms with Crippen molar-refractivity contribution in [2.24, 2.45) is 23.5 Å². The van der Waals surface area contributed by atoms with Crippen molar-refractivity contribution in [2.75, 3.05) is 0 Å². The van der Waals surface area contributed by atoms with Crippen molar-refractivity contribution in [1.29, 1.82) is 0 Å². The Morgan fingerprint density at radius 1 is 1.19 bits per heavy atom. The largest absolute Gasteiger partial charge is 0.369 e. The van der Waals surface area contributed by atoms with Crippen LogP contribution in [0.5, 0.6) is 0 Å². The summed E-state index contributed by atoms with van der Waals surface area (Å²) in [6.07, 6.45) is 4.82. The van der Waals surface area contributed by atoms with Crippen molar-refractivity contribution in [3.63, 3.8) is 0 Å². The summed E-state index contributed by atoms with van der Waals surface area (Å²) in [5.74, 6) is -0.273. The molecule has 0 spiro atoms. The maximum atomic E-state index is 12.2. The van der Waals surface area contributed by atoms with Crippen LogP contribution in [0, 0.1) is 17.8 Å². The number of carbonyl (C=O) groups excluding carboxylic acids is 2. The van der Waals surface area contributed by atoms with Gasteiger partial charge in [0.25, 0.3) is 0 Å². The van der Waals surface area contributed by atoms with Gasteiger partial charge in [0.1, 0.15) is 5.78 Å². The first-order valence-corrected chi connectivity index (χ1v) is 7.88. The van der Waals surface area contributed by atoms with Gasteiger partial charge in [-0.2, -0.15) is 0 Å². The summed E-state index contributed by atoms with van der Waals surface area (Å²) in [4.78, 5) is 23.3. The molecule has 0 radical (unpaired) electrons. The molecule has 3 nitrogen and oxygen atoms in total. The summed E-state index contributed by atoms with van der Waals surface area (Å²) in [6, 6.07) is 8.58. The summed E-state index contributed by atoms with van der Waals surface area (Å²) < 4.78 is 0. The van der Waals surface area contributed by atoms with E-state index < -0.39 is 0 Å². The van der Waals surface area contributed by atoms with Gasteiger partial charge in [-0.25, -0.2) is 0 Å². The van der Waals surface area contributed by atoms with Gasteiger partial charge in [-0.05, 0) is 42.7 Å². The molecule has 2 N–H and O–H groups in total. The molecule has 114 valence electrons. The minimum absolute atomic E-state index is 0.167. The highest BCUT2D eigenvalue weighted by Crippen LogP contribution is 2.29. The van der Waals surface area contributed by atoms with E-state index in [4.69, 9.17) is 5.73 Å². The van der Waals surface area contributed by atoms with E-state index in [9.17, 15) is 9.59 Å². The maximum absolute atomic E-state index is 12.2. The van der Waals surface area contributed by atoms with Crippen molar-refractivity contribution >= 4 is 11.7 Å². The molecule has 1 aromatic rings. The van der Waals surface area contributed by atoms with E-state index in [0.29, 0.717) is 12.3 Å². The first-order valence-electron chi connectivity index (χ1n) is 7.88. The molecule has 1 aliphatic carbocycles. The topological polar surface area (TPSA) is 60.2 Å². The van der Waals surface area contributed by atoms with Crippen molar-refractivity contribution in [3.05, 3.63) is 35.4 Å². The summed E-state index contributed by atoms with van der Waals surface area (Å²) in [6.45, 7) is 3.55. The molecule has 0 heterocycles. The van der Waals surface area contributed by atoms with Crippen LogP contribution < -0.4 is 5.73 Å². The number of Topliss-reactive ketones (excluding diaryl/α,β-unsaturated/α-hetero) is 1. The number of ketones is 1. The van der Waals surface area contributed by atoms with Crippen LogP contribution in [-0.2, 0) is 22.4 Å². The third-order valence-corrected chi connectivity index (χ3v) is 4.95. The molecular weight excluding hydrogens is 262 g/mol. The number of carbonyl (C=O) groups is 2. The molecule has 3 atom stereocenters. The van der Waals surface area contributed by atoms with Crippen LogP contribution >= 0.6 is 0 Å². The van der Waals surface area contributed by atoms with Crippen LogP contribution in [0.2, 0.25) is 0 Å². The number of primary amides is 1. The van der Waals surface area contributed by atoms with E-state index in [0.717, 1.165) is 25.7 Å². The van der Waals surface area contributed by atoms with Crippen molar-refractivity contribution in [3.8, 4) is 0 Å². The molecule has 2 rings (SSSR count). The van der Waals surface area contributed by atoms with Gasteiger partial charge in [-0.3, -0.25) is 9.59 Å². The smallest absolute Gasteiger partial charge is 0.220 e. The average Bonchev–Trinajstić information content (AvgIpc) is 2.50. The second kappa shape index (κ2) is 6.88. The van der Waals surface area contributed by atoms with Crippen LogP contribution in [0.3, 0.4) is 0 Å². The van der Waals surface area contributed by atoms with Crippen LogP contribution in [0.4, 0.5) is 0 Å². The highest BCUT2D eigenvalue weighted by atomic mass is 16.1. The number of hydrogen-bond donors (Lipinski definition) is 1. The number of hydrogen-bond acceptors (Lipinski definition) is 2. The van der Waals surface area contributed by atoms with Gasteiger partial charge in [0, 0.05) is 18.3 Å². The monoisotopic (exact) mass is 287 g/mol. The quantitative estimate of drug-likeness (QED) is 0.874. The second-order valence-electron chi connectivity index (χ2n) is 6.36. The molecule has 1 aliphatic rings. The number of benzene rings is 1. The Bertz CT molecular complexity index is 524. The first-order chi connectivity index (χ1) is 9.99. The van der Waals surface area contributed by atoms with Crippen LogP contribution in [-0.4, -0.2) is 11.7 Å². The van der Waals surface area contributed by atoms with E-state index in [2.05, 4.69) is 24.3 Å². The highest BCUT2D eigenvalue weighted by molar-refractivity contribution is 5.87. The normalized spacial score (nSPS) is 20.4. The minimum Gasteiger partial charge on any atom is -0.369 e. The van der Waals surface area contributed by atoms with E-state index in [-0.39, 0.29) is 23.5 Å². The lowest BCUT2D eigenvalue weighted by atomic mass is 9.80. The number of amides is 1. The van der Waals surface area contributed by atoms with E-state index in [1.165, 1.54) is 11.1 Å². The second-order valence-corrected chi connectivity index (χ2v) is 6.36. The van der Waals surface area contributed by atoms with Gasteiger partial charge in [-0.1, -0.05) is 38.1 Å². The van der Waals surface area contributed by atoms with E-state index in [1.54, 1.807) is 6.92 Å². The molecule has 0 saturated carbocycles. The zero-order valence-corrected chi connectivity index (χ0v) is 13.0. The summed E-state index contributed by atoms with van der Waals surface area (Å²) in [5, 5.41) is 0. The predicted octanol–water partition coefficient (Wildman–Crippen LogP) is 2.90. The fraction of sp³-hybridized carbons (Fsp3) is 0.556. The summed E-state index contributed by atoms with van der Waals surface area (Å²) in [5.41, 5.74) is 8.16. The van der Waals surface area contributed by atoms with E-state index in [1.807, 2.05) is 6.92 Å². The number of rotatable bonds is 6. The SMILES string of the molecule is CC(C(N)=O)C(C)C(=O)CCC1CCc2ccccc2C1. The van der Waals surface area contributed by atoms with Gasteiger partial charge in [0.2, 0.25) is 5.91 Å². The molecule has 1 amide bonds. The molecule has 21 heavy (non-hydrogen) atoms. The summed E-state index contributed by atoms with van der Waals surface area (Å²) >= 11 is 0. The fourth-order valence-corrected chi connectivity index (χ4v) is 3.12. The Balaban J connectivity index is 1.84. The van der Waals surface area contributed by atoms with Gasteiger partial charge >= 0.3 is 0 Å². The third kappa shape index (κ3) is 3.93. The third-order valence-electron chi connectivity index (χ3n) is 4.95. The molecular formula is C18H25NO2. The standard InChI is InChI=1S/C18H25NO2/c1-12(13(2)18(19)21)17(20)10-8-14-7-9-15-5-3-4-6-16(15)11-14/h3-6,12-14H,7-11H2,1-2H3,(H2,19,21). The number of nitrogens with two attached hydrogens (primary N) is 1. The molecule has 1 aromatic carbocycles. The molecule has 3 heteroatoms. The first kappa shape index (κ1) is 15.7. The Hall–Kier alpha value is -1.64. The van der Waals surface area contributed by atoms with Gasteiger partial charge < -0.3 is 5.73 Å². The molecule has 0 bridgehead atoms. The van der Waals surface area contributed by atoms with Gasteiger partial charge in [-0.15, -0.1) is 0 Å². The van der Waals surface area contributed by atoms with Crippen molar-refractivity contribution in [1.82, 2.24) is 0 Å². The van der Waals surface area contributed by atoms with Crippen molar-refractivity contribution < 1.29 is 9.59 Å².